The summed E-state index contributed by atoms with van der Waals surface area (Å²) >= 11 is 0. The molecular formula is C14H16O4. The molecule has 96 valence electrons. The average molecular weight is 248 g/mol. The van der Waals surface area contributed by atoms with Crippen LogP contribution in [0.25, 0.3) is 0 Å². The SMILES string of the molecule is C=C(CC)CCOC(=O)c1ccccc1C(=O)O. The highest BCUT2D eigenvalue weighted by Crippen LogP contribution is 2.11. The van der Waals surface area contributed by atoms with Crippen LogP contribution in [0.5, 0.6) is 0 Å². The second-order valence-electron chi connectivity index (χ2n) is 3.84. The van der Waals surface area contributed by atoms with Gasteiger partial charge in [-0.25, -0.2) is 9.59 Å². The molecule has 0 radical (unpaired) electrons. The average Bonchev–Trinajstić information content (AvgIpc) is 2.38. The summed E-state index contributed by atoms with van der Waals surface area (Å²) in [6, 6.07) is 6.00. The molecule has 1 rings (SSSR count). The normalized spacial score (nSPS) is 9.83. The zero-order valence-corrected chi connectivity index (χ0v) is 10.3. The van der Waals surface area contributed by atoms with E-state index in [4.69, 9.17) is 9.84 Å². The van der Waals surface area contributed by atoms with Crippen LogP contribution < -0.4 is 0 Å². The van der Waals surface area contributed by atoms with Crippen molar-refractivity contribution in [2.45, 2.75) is 19.8 Å². The quantitative estimate of drug-likeness (QED) is 0.621. The van der Waals surface area contributed by atoms with E-state index in [1.807, 2.05) is 6.92 Å². The van der Waals surface area contributed by atoms with E-state index in [-0.39, 0.29) is 17.7 Å². The van der Waals surface area contributed by atoms with Crippen molar-refractivity contribution in [3.63, 3.8) is 0 Å². The largest absolute Gasteiger partial charge is 0.478 e. The summed E-state index contributed by atoms with van der Waals surface area (Å²) in [4.78, 5) is 22.7. The van der Waals surface area contributed by atoms with E-state index in [0.29, 0.717) is 6.42 Å². The van der Waals surface area contributed by atoms with Crippen LogP contribution in [0.2, 0.25) is 0 Å². The molecule has 0 aliphatic rings. The molecule has 0 aromatic heterocycles. The minimum absolute atomic E-state index is 0.0446. The van der Waals surface area contributed by atoms with E-state index in [9.17, 15) is 9.59 Å². The maximum atomic E-state index is 11.7. The van der Waals surface area contributed by atoms with Gasteiger partial charge in [-0.1, -0.05) is 31.2 Å². The van der Waals surface area contributed by atoms with Crippen molar-refractivity contribution in [3.8, 4) is 0 Å². The van der Waals surface area contributed by atoms with Gasteiger partial charge in [-0.3, -0.25) is 0 Å². The number of carboxylic acids is 1. The molecule has 0 atom stereocenters. The molecule has 0 heterocycles. The molecule has 0 fully saturated rings. The molecule has 18 heavy (non-hydrogen) atoms. The lowest BCUT2D eigenvalue weighted by molar-refractivity contribution is 0.0498. The zero-order valence-electron chi connectivity index (χ0n) is 10.3. The summed E-state index contributed by atoms with van der Waals surface area (Å²) in [6.07, 6.45) is 1.43. The van der Waals surface area contributed by atoms with E-state index < -0.39 is 11.9 Å². The molecule has 0 saturated heterocycles. The lowest BCUT2D eigenvalue weighted by Gasteiger charge is -2.07. The maximum absolute atomic E-state index is 11.7. The van der Waals surface area contributed by atoms with Gasteiger partial charge in [0.05, 0.1) is 17.7 Å². The molecule has 4 heteroatoms. The van der Waals surface area contributed by atoms with E-state index in [1.165, 1.54) is 12.1 Å². The minimum atomic E-state index is -1.14. The topological polar surface area (TPSA) is 63.6 Å². The lowest BCUT2D eigenvalue weighted by atomic mass is 10.1. The van der Waals surface area contributed by atoms with Crippen molar-refractivity contribution in [2.75, 3.05) is 6.61 Å². The molecular weight excluding hydrogens is 232 g/mol. The van der Waals surface area contributed by atoms with Crippen molar-refractivity contribution < 1.29 is 19.4 Å². The van der Waals surface area contributed by atoms with Crippen molar-refractivity contribution in [2.24, 2.45) is 0 Å². The van der Waals surface area contributed by atoms with Crippen LogP contribution in [0.4, 0.5) is 0 Å². The van der Waals surface area contributed by atoms with Gasteiger partial charge in [0.1, 0.15) is 0 Å². The van der Waals surface area contributed by atoms with Crippen LogP contribution in [0.15, 0.2) is 36.4 Å². The van der Waals surface area contributed by atoms with Crippen LogP contribution in [-0.4, -0.2) is 23.7 Å². The molecule has 0 bridgehead atoms. The molecule has 0 amide bonds. The molecule has 1 aromatic rings. The Morgan fingerprint density at radius 1 is 1.28 bits per heavy atom. The van der Waals surface area contributed by atoms with Crippen LogP contribution >= 0.6 is 0 Å². The molecule has 0 aliphatic carbocycles. The number of benzene rings is 1. The highest BCUT2D eigenvalue weighted by Gasteiger charge is 2.16. The number of aromatic carboxylic acids is 1. The molecule has 0 saturated carbocycles. The highest BCUT2D eigenvalue weighted by molar-refractivity contribution is 6.02. The van der Waals surface area contributed by atoms with E-state index in [1.54, 1.807) is 12.1 Å². The Morgan fingerprint density at radius 3 is 2.44 bits per heavy atom. The summed E-state index contributed by atoms with van der Waals surface area (Å²) in [6.45, 7) is 6.00. The third-order valence-corrected chi connectivity index (χ3v) is 2.57. The monoisotopic (exact) mass is 248 g/mol. The minimum Gasteiger partial charge on any atom is -0.478 e. The third-order valence-electron chi connectivity index (χ3n) is 2.57. The predicted octanol–water partition coefficient (Wildman–Crippen LogP) is 2.90. The van der Waals surface area contributed by atoms with Gasteiger partial charge in [0.2, 0.25) is 0 Å². The van der Waals surface area contributed by atoms with Crippen molar-refractivity contribution in [1.82, 2.24) is 0 Å². The number of carbonyl (C=O) groups excluding carboxylic acids is 1. The number of hydrogen-bond donors (Lipinski definition) is 1. The first-order chi connectivity index (χ1) is 8.56. The van der Waals surface area contributed by atoms with Gasteiger partial charge in [-0.15, -0.1) is 0 Å². The smallest absolute Gasteiger partial charge is 0.339 e. The van der Waals surface area contributed by atoms with Gasteiger partial charge >= 0.3 is 11.9 Å². The number of rotatable bonds is 6. The van der Waals surface area contributed by atoms with E-state index in [0.717, 1.165) is 12.0 Å². The molecule has 0 unspecified atom stereocenters. The molecule has 0 spiro atoms. The van der Waals surface area contributed by atoms with Crippen LogP contribution in [0.3, 0.4) is 0 Å². The summed E-state index contributed by atoms with van der Waals surface area (Å²) < 4.78 is 5.03. The first-order valence-corrected chi connectivity index (χ1v) is 5.72. The fraction of sp³-hybridized carbons (Fsp3) is 0.286. The number of esters is 1. The van der Waals surface area contributed by atoms with Crippen molar-refractivity contribution in [1.29, 1.82) is 0 Å². The summed E-state index contributed by atoms with van der Waals surface area (Å²) in [5, 5.41) is 8.94. The molecule has 0 aliphatic heterocycles. The first kappa shape index (κ1) is 14.0. The fourth-order valence-electron chi connectivity index (χ4n) is 1.39. The molecule has 1 aromatic carbocycles. The molecule has 4 nitrogen and oxygen atoms in total. The Kier molecular flexibility index (Phi) is 5.11. The van der Waals surface area contributed by atoms with Gasteiger partial charge in [0.15, 0.2) is 0 Å². The second kappa shape index (κ2) is 6.59. The number of carboxylic acid groups (broad SMARTS) is 1. The van der Waals surface area contributed by atoms with Gasteiger partial charge in [0, 0.05) is 6.42 Å². The second-order valence-corrected chi connectivity index (χ2v) is 3.84. The summed E-state index contributed by atoms with van der Waals surface area (Å²) in [7, 11) is 0. The van der Waals surface area contributed by atoms with Crippen molar-refractivity contribution >= 4 is 11.9 Å². The lowest BCUT2D eigenvalue weighted by Crippen LogP contribution is -2.12. The van der Waals surface area contributed by atoms with Crippen LogP contribution in [0, 0.1) is 0 Å². The van der Waals surface area contributed by atoms with Crippen LogP contribution in [-0.2, 0) is 4.74 Å². The Bertz CT molecular complexity index is 463. The van der Waals surface area contributed by atoms with Gasteiger partial charge < -0.3 is 9.84 Å². The summed E-state index contributed by atoms with van der Waals surface area (Å²) in [5.41, 5.74) is 1.03. The molecule has 1 N–H and O–H groups in total. The number of carbonyl (C=O) groups is 2. The standard InChI is InChI=1S/C14H16O4/c1-3-10(2)8-9-18-14(17)12-7-5-4-6-11(12)13(15)16/h4-7H,2-3,8-9H2,1H3,(H,15,16). The maximum Gasteiger partial charge on any atom is 0.339 e. The first-order valence-electron chi connectivity index (χ1n) is 5.72. The van der Waals surface area contributed by atoms with E-state index in [2.05, 4.69) is 6.58 Å². The predicted molar refractivity (Wildman–Crippen MR) is 67.7 cm³/mol. The van der Waals surface area contributed by atoms with E-state index >= 15 is 0 Å². The number of ether oxygens (including phenoxy) is 1. The summed E-state index contributed by atoms with van der Waals surface area (Å²) in [5.74, 6) is -1.75. The van der Waals surface area contributed by atoms with Gasteiger partial charge in [-0.05, 0) is 18.6 Å². The van der Waals surface area contributed by atoms with Crippen molar-refractivity contribution in [3.05, 3.63) is 47.5 Å². The Labute approximate surface area is 106 Å². The third kappa shape index (κ3) is 3.73. The fourth-order valence-corrected chi connectivity index (χ4v) is 1.39. The van der Waals surface area contributed by atoms with Gasteiger partial charge in [-0.2, -0.15) is 0 Å². The highest BCUT2D eigenvalue weighted by atomic mass is 16.5. The number of hydrogen-bond acceptors (Lipinski definition) is 3. The Balaban J connectivity index is 2.67. The Morgan fingerprint density at radius 2 is 1.89 bits per heavy atom. The van der Waals surface area contributed by atoms with Crippen LogP contribution in [0.1, 0.15) is 40.5 Å². The van der Waals surface area contributed by atoms with Gasteiger partial charge in [0.25, 0.3) is 0 Å². The zero-order chi connectivity index (χ0) is 13.5. The Hall–Kier alpha value is -2.10.